The third-order valence-electron chi connectivity index (χ3n) is 3.47. The van der Waals surface area contributed by atoms with E-state index in [4.69, 9.17) is 9.47 Å². The summed E-state index contributed by atoms with van der Waals surface area (Å²) in [5, 5.41) is 0. The molecule has 2 aromatic heterocycles. The van der Waals surface area contributed by atoms with Crippen molar-refractivity contribution >= 4 is 21.8 Å². The molecule has 7 nitrogen and oxygen atoms in total. The van der Waals surface area contributed by atoms with Crippen molar-refractivity contribution in [3.05, 3.63) is 40.9 Å². The van der Waals surface area contributed by atoms with Crippen molar-refractivity contribution in [3.8, 4) is 11.8 Å². The van der Waals surface area contributed by atoms with Crippen molar-refractivity contribution in [2.45, 2.75) is 12.5 Å². The molecule has 1 amide bonds. The second kappa shape index (κ2) is 6.91. The van der Waals surface area contributed by atoms with E-state index >= 15 is 0 Å². The lowest BCUT2D eigenvalue weighted by atomic mass is 10.2. The maximum Gasteiger partial charge on any atom is 0.255 e. The Morgan fingerprint density at radius 1 is 1.26 bits per heavy atom. The summed E-state index contributed by atoms with van der Waals surface area (Å²) in [6.45, 7) is 1.14. The van der Waals surface area contributed by atoms with E-state index in [1.54, 1.807) is 23.4 Å². The number of likely N-dealkylation sites (tertiary alicyclic amines) is 1. The summed E-state index contributed by atoms with van der Waals surface area (Å²) in [4.78, 5) is 26.4. The van der Waals surface area contributed by atoms with E-state index in [1.807, 2.05) is 0 Å². The lowest BCUT2D eigenvalue weighted by Gasteiger charge is -2.17. The fourth-order valence-electron chi connectivity index (χ4n) is 2.38. The summed E-state index contributed by atoms with van der Waals surface area (Å²) in [6.07, 6.45) is 6.89. The normalized spacial score (nSPS) is 17.1. The highest BCUT2D eigenvalue weighted by atomic mass is 79.9. The van der Waals surface area contributed by atoms with Gasteiger partial charge >= 0.3 is 0 Å². The van der Waals surface area contributed by atoms with Crippen LogP contribution in [-0.2, 0) is 0 Å². The lowest BCUT2D eigenvalue weighted by molar-refractivity contribution is 0.0770. The minimum absolute atomic E-state index is 0.0540. The quantitative estimate of drug-likeness (QED) is 0.808. The van der Waals surface area contributed by atoms with Crippen LogP contribution in [0.5, 0.6) is 11.8 Å². The zero-order chi connectivity index (χ0) is 16.2. The number of nitrogens with zero attached hydrogens (tertiary/aromatic N) is 4. The molecule has 0 radical (unpaired) electrons. The number of methoxy groups -OCH3 is 1. The van der Waals surface area contributed by atoms with Gasteiger partial charge in [0.2, 0.25) is 11.8 Å². The number of halogens is 1. The highest BCUT2D eigenvalue weighted by molar-refractivity contribution is 9.10. The molecule has 1 atom stereocenters. The zero-order valence-corrected chi connectivity index (χ0v) is 14.1. The van der Waals surface area contributed by atoms with Gasteiger partial charge in [0.1, 0.15) is 6.10 Å². The molecule has 0 saturated carbocycles. The Kier molecular flexibility index (Phi) is 4.71. The first-order valence-corrected chi connectivity index (χ1v) is 7.87. The molecule has 1 fully saturated rings. The molecular formula is C15H15BrN4O3. The van der Waals surface area contributed by atoms with Crippen molar-refractivity contribution in [2.24, 2.45) is 0 Å². The Bertz CT molecular complexity index is 713. The van der Waals surface area contributed by atoms with Gasteiger partial charge in [-0.1, -0.05) is 0 Å². The number of carbonyl (C=O) groups excluding carboxylic acids is 1. The molecule has 0 N–H and O–H groups in total. The van der Waals surface area contributed by atoms with Crippen LogP contribution in [0.15, 0.2) is 35.3 Å². The molecule has 23 heavy (non-hydrogen) atoms. The summed E-state index contributed by atoms with van der Waals surface area (Å²) in [5.74, 6) is 0.739. The predicted octanol–water partition coefficient (Wildman–Crippen LogP) is 1.94. The van der Waals surface area contributed by atoms with Crippen LogP contribution in [0.1, 0.15) is 16.8 Å². The minimum atomic E-state index is -0.111. The molecule has 0 unspecified atom stereocenters. The number of pyridine rings is 1. The maximum absolute atomic E-state index is 12.5. The van der Waals surface area contributed by atoms with Gasteiger partial charge in [0.05, 0.1) is 31.6 Å². The summed E-state index contributed by atoms with van der Waals surface area (Å²) in [7, 11) is 1.52. The summed E-state index contributed by atoms with van der Waals surface area (Å²) in [6, 6.07) is 1.76. The van der Waals surface area contributed by atoms with Gasteiger partial charge in [-0.05, 0) is 22.0 Å². The molecule has 1 aliphatic heterocycles. The largest absolute Gasteiger partial charge is 0.480 e. The third-order valence-corrected chi connectivity index (χ3v) is 3.90. The lowest BCUT2D eigenvalue weighted by Crippen LogP contribution is -2.31. The van der Waals surface area contributed by atoms with E-state index in [2.05, 4.69) is 30.9 Å². The molecular weight excluding hydrogens is 364 g/mol. The SMILES string of the molecule is COc1cncc(O[C@@H]2CCN(C(=O)c3cncc(Br)c3)C2)n1. The molecule has 120 valence electrons. The van der Waals surface area contributed by atoms with Gasteiger partial charge in [-0.2, -0.15) is 4.98 Å². The van der Waals surface area contributed by atoms with Crippen LogP contribution in [0, 0.1) is 0 Å². The van der Waals surface area contributed by atoms with Crippen molar-refractivity contribution in [2.75, 3.05) is 20.2 Å². The van der Waals surface area contributed by atoms with Crippen LogP contribution in [-0.4, -0.2) is 52.1 Å². The predicted molar refractivity (Wildman–Crippen MR) is 85.5 cm³/mol. The molecule has 0 aromatic carbocycles. The van der Waals surface area contributed by atoms with Gasteiger partial charge in [0, 0.05) is 29.8 Å². The van der Waals surface area contributed by atoms with Crippen molar-refractivity contribution < 1.29 is 14.3 Å². The fourth-order valence-corrected chi connectivity index (χ4v) is 2.74. The Morgan fingerprint density at radius 3 is 2.83 bits per heavy atom. The molecule has 0 bridgehead atoms. The smallest absolute Gasteiger partial charge is 0.255 e. The number of hydrogen-bond donors (Lipinski definition) is 0. The summed E-state index contributed by atoms with van der Waals surface area (Å²) >= 11 is 3.32. The average Bonchev–Trinajstić information content (AvgIpc) is 3.03. The van der Waals surface area contributed by atoms with Crippen LogP contribution in [0.25, 0.3) is 0 Å². The van der Waals surface area contributed by atoms with Crippen molar-refractivity contribution in [3.63, 3.8) is 0 Å². The van der Waals surface area contributed by atoms with E-state index in [0.29, 0.717) is 30.4 Å². The number of aromatic nitrogens is 3. The fraction of sp³-hybridized carbons (Fsp3) is 0.333. The Morgan fingerprint density at radius 2 is 2.04 bits per heavy atom. The van der Waals surface area contributed by atoms with E-state index in [9.17, 15) is 4.79 Å². The van der Waals surface area contributed by atoms with Gasteiger partial charge in [0.15, 0.2) is 0 Å². The van der Waals surface area contributed by atoms with E-state index in [-0.39, 0.29) is 12.0 Å². The zero-order valence-electron chi connectivity index (χ0n) is 12.5. The molecule has 3 rings (SSSR count). The molecule has 2 aromatic rings. The maximum atomic E-state index is 12.5. The molecule has 1 saturated heterocycles. The summed E-state index contributed by atoms with van der Waals surface area (Å²) < 4.78 is 11.6. The van der Waals surface area contributed by atoms with Crippen LogP contribution >= 0.6 is 15.9 Å². The van der Waals surface area contributed by atoms with Crippen LogP contribution in [0.3, 0.4) is 0 Å². The third kappa shape index (κ3) is 3.76. The first-order chi connectivity index (χ1) is 11.2. The molecule has 1 aliphatic rings. The van der Waals surface area contributed by atoms with Crippen LogP contribution < -0.4 is 9.47 Å². The Hall–Kier alpha value is -2.22. The Balaban J connectivity index is 1.63. The molecule has 0 spiro atoms. The first kappa shape index (κ1) is 15.7. The minimum Gasteiger partial charge on any atom is -0.480 e. The monoisotopic (exact) mass is 378 g/mol. The van der Waals surface area contributed by atoms with E-state index < -0.39 is 0 Å². The van der Waals surface area contributed by atoms with Gasteiger partial charge in [-0.3, -0.25) is 14.8 Å². The summed E-state index contributed by atoms with van der Waals surface area (Å²) in [5.41, 5.74) is 0.557. The number of hydrogen-bond acceptors (Lipinski definition) is 6. The number of ether oxygens (including phenoxy) is 2. The molecule has 3 heterocycles. The average molecular weight is 379 g/mol. The topological polar surface area (TPSA) is 77.4 Å². The van der Waals surface area contributed by atoms with Crippen molar-refractivity contribution in [1.29, 1.82) is 0 Å². The van der Waals surface area contributed by atoms with Crippen molar-refractivity contribution in [1.82, 2.24) is 19.9 Å². The van der Waals surface area contributed by atoms with Gasteiger partial charge in [-0.25, -0.2) is 0 Å². The van der Waals surface area contributed by atoms with Crippen LogP contribution in [0.2, 0.25) is 0 Å². The second-order valence-corrected chi connectivity index (χ2v) is 5.99. The Labute approximate surface area is 141 Å². The highest BCUT2D eigenvalue weighted by Gasteiger charge is 2.29. The highest BCUT2D eigenvalue weighted by Crippen LogP contribution is 2.20. The van der Waals surface area contributed by atoms with E-state index in [1.165, 1.54) is 19.5 Å². The van der Waals surface area contributed by atoms with Gasteiger partial charge < -0.3 is 14.4 Å². The second-order valence-electron chi connectivity index (χ2n) is 5.07. The molecule has 8 heteroatoms. The van der Waals surface area contributed by atoms with Gasteiger partial charge in [0.25, 0.3) is 5.91 Å². The number of rotatable bonds is 4. The van der Waals surface area contributed by atoms with Crippen LogP contribution in [0.4, 0.5) is 0 Å². The number of amides is 1. The standard InChI is InChI=1S/C15H15BrN4O3/c1-22-13-7-18-8-14(19-13)23-12-2-3-20(9-12)15(21)10-4-11(16)6-17-5-10/h4-8,12H,2-3,9H2,1H3/t12-/m1/s1. The van der Waals surface area contributed by atoms with Gasteiger partial charge in [-0.15, -0.1) is 0 Å². The number of carbonyl (C=O) groups is 1. The molecule has 0 aliphatic carbocycles. The van der Waals surface area contributed by atoms with E-state index in [0.717, 1.165) is 10.9 Å². The first-order valence-electron chi connectivity index (χ1n) is 7.08.